The quantitative estimate of drug-likeness (QED) is 0.732. The molecule has 0 fully saturated rings. The molecule has 1 unspecified atom stereocenters. The van der Waals surface area contributed by atoms with E-state index in [1.165, 1.54) is 0 Å². The van der Waals surface area contributed by atoms with Gasteiger partial charge in [-0.25, -0.2) is 4.79 Å². The van der Waals surface area contributed by atoms with Crippen LogP contribution < -0.4 is 4.90 Å². The minimum absolute atomic E-state index is 0.133. The minimum atomic E-state index is -0.531. The average molecular weight is 288 g/mol. The molecular formula is C17H24N2O2. The van der Waals surface area contributed by atoms with E-state index in [1.54, 1.807) is 11.1 Å². The van der Waals surface area contributed by atoms with Gasteiger partial charge in [0.15, 0.2) is 0 Å². The highest BCUT2D eigenvalue weighted by molar-refractivity contribution is 5.93. The SMILES string of the molecule is C=C(C)C1N(C(=O)OC(C)(C)C)c2ccncc2C1(C)C. The van der Waals surface area contributed by atoms with Gasteiger partial charge in [-0.3, -0.25) is 9.88 Å². The molecule has 4 nitrogen and oxygen atoms in total. The topological polar surface area (TPSA) is 42.4 Å². The van der Waals surface area contributed by atoms with E-state index in [0.29, 0.717) is 0 Å². The van der Waals surface area contributed by atoms with Crippen LogP contribution in [0.5, 0.6) is 0 Å². The van der Waals surface area contributed by atoms with Gasteiger partial charge in [-0.05, 0) is 33.8 Å². The molecule has 1 aliphatic rings. The standard InChI is InChI=1S/C17H24N2O2/c1-11(2)14-17(6,7)12-10-18-9-8-13(12)19(14)15(20)21-16(3,4)5/h8-10,14H,1H2,2-7H3. The summed E-state index contributed by atoms with van der Waals surface area (Å²) in [5.41, 5.74) is 2.06. The van der Waals surface area contributed by atoms with Gasteiger partial charge in [0.05, 0.1) is 11.7 Å². The molecule has 0 N–H and O–H groups in total. The van der Waals surface area contributed by atoms with Crippen molar-refractivity contribution in [3.05, 3.63) is 36.2 Å². The number of ether oxygens (including phenoxy) is 1. The monoisotopic (exact) mass is 288 g/mol. The molecule has 0 saturated heterocycles. The first-order valence-corrected chi connectivity index (χ1v) is 7.18. The Labute approximate surface area is 126 Å². The normalized spacial score (nSPS) is 20.1. The molecule has 1 amide bonds. The largest absolute Gasteiger partial charge is 0.443 e. The van der Waals surface area contributed by atoms with Gasteiger partial charge in [0.1, 0.15) is 5.60 Å². The van der Waals surface area contributed by atoms with E-state index in [2.05, 4.69) is 25.4 Å². The Bertz CT molecular complexity index is 585. The fourth-order valence-corrected chi connectivity index (χ4v) is 3.05. The van der Waals surface area contributed by atoms with Gasteiger partial charge in [-0.15, -0.1) is 0 Å². The van der Waals surface area contributed by atoms with Gasteiger partial charge < -0.3 is 4.74 Å². The van der Waals surface area contributed by atoms with Crippen molar-refractivity contribution in [2.45, 2.75) is 58.6 Å². The number of pyridine rings is 1. The van der Waals surface area contributed by atoms with Gasteiger partial charge in [0.25, 0.3) is 0 Å². The van der Waals surface area contributed by atoms with Crippen molar-refractivity contribution in [1.82, 2.24) is 4.98 Å². The van der Waals surface area contributed by atoms with Gasteiger partial charge >= 0.3 is 6.09 Å². The maximum atomic E-state index is 12.7. The number of hydrogen-bond acceptors (Lipinski definition) is 3. The maximum absolute atomic E-state index is 12.7. The number of amides is 1. The van der Waals surface area contributed by atoms with Crippen LogP contribution in [0, 0.1) is 0 Å². The molecule has 1 atom stereocenters. The number of carbonyl (C=O) groups excluding carboxylic acids is 1. The molecule has 1 aromatic rings. The number of fused-ring (bicyclic) bond motifs is 1. The third-order valence-corrected chi connectivity index (χ3v) is 3.75. The van der Waals surface area contributed by atoms with Crippen LogP contribution in [0.25, 0.3) is 0 Å². The van der Waals surface area contributed by atoms with E-state index in [4.69, 9.17) is 4.74 Å². The Hall–Kier alpha value is -1.84. The molecule has 0 aromatic carbocycles. The minimum Gasteiger partial charge on any atom is -0.443 e. The molecule has 0 bridgehead atoms. The molecule has 0 spiro atoms. The highest BCUT2D eigenvalue weighted by Gasteiger charge is 2.48. The van der Waals surface area contributed by atoms with E-state index in [0.717, 1.165) is 16.8 Å². The molecule has 114 valence electrons. The molecule has 4 heteroatoms. The fourth-order valence-electron chi connectivity index (χ4n) is 3.05. The summed E-state index contributed by atoms with van der Waals surface area (Å²) < 4.78 is 5.58. The zero-order valence-electron chi connectivity index (χ0n) is 13.7. The number of carbonyl (C=O) groups is 1. The van der Waals surface area contributed by atoms with E-state index in [1.807, 2.05) is 40.0 Å². The maximum Gasteiger partial charge on any atom is 0.415 e. The Morgan fingerprint density at radius 2 is 2.05 bits per heavy atom. The summed E-state index contributed by atoms with van der Waals surface area (Å²) in [5, 5.41) is 0. The number of nitrogens with zero attached hydrogens (tertiary/aromatic N) is 2. The number of rotatable bonds is 1. The van der Waals surface area contributed by atoms with Crippen molar-refractivity contribution >= 4 is 11.8 Å². The summed E-state index contributed by atoms with van der Waals surface area (Å²) in [7, 11) is 0. The summed E-state index contributed by atoms with van der Waals surface area (Å²) >= 11 is 0. The van der Waals surface area contributed by atoms with Crippen LogP contribution in [-0.4, -0.2) is 22.7 Å². The molecule has 0 aliphatic carbocycles. The third-order valence-electron chi connectivity index (χ3n) is 3.75. The molecule has 21 heavy (non-hydrogen) atoms. The highest BCUT2D eigenvalue weighted by atomic mass is 16.6. The van der Waals surface area contributed by atoms with E-state index < -0.39 is 5.60 Å². The molecule has 0 radical (unpaired) electrons. The molecule has 2 rings (SSSR count). The van der Waals surface area contributed by atoms with Gasteiger partial charge in [0.2, 0.25) is 0 Å². The second-order valence-corrected chi connectivity index (χ2v) is 7.21. The molecule has 1 aliphatic heterocycles. The predicted molar refractivity (Wildman–Crippen MR) is 84.6 cm³/mol. The number of hydrogen-bond donors (Lipinski definition) is 0. The fraction of sp³-hybridized carbons (Fsp3) is 0.529. The van der Waals surface area contributed by atoms with Crippen LogP contribution >= 0.6 is 0 Å². The van der Waals surface area contributed by atoms with E-state index >= 15 is 0 Å². The van der Waals surface area contributed by atoms with Crippen LogP contribution in [0.15, 0.2) is 30.6 Å². The van der Waals surface area contributed by atoms with Gasteiger partial charge in [-0.2, -0.15) is 0 Å². The second kappa shape index (κ2) is 4.86. The summed E-state index contributed by atoms with van der Waals surface area (Å²) in [5.74, 6) is 0. The summed E-state index contributed by atoms with van der Waals surface area (Å²) in [6.45, 7) is 15.9. The van der Waals surface area contributed by atoms with E-state index in [9.17, 15) is 4.79 Å². The third kappa shape index (κ3) is 2.67. The van der Waals surface area contributed by atoms with Crippen molar-refractivity contribution in [2.75, 3.05) is 4.90 Å². The molecule has 0 saturated carbocycles. The lowest BCUT2D eigenvalue weighted by Gasteiger charge is -2.34. The number of aromatic nitrogens is 1. The van der Waals surface area contributed by atoms with Gasteiger partial charge in [0, 0.05) is 23.4 Å². The van der Waals surface area contributed by atoms with Crippen molar-refractivity contribution in [2.24, 2.45) is 0 Å². The Kier molecular flexibility index (Phi) is 3.60. The summed E-state index contributed by atoms with van der Waals surface area (Å²) in [6, 6.07) is 1.73. The Morgan fingerprint density at radius 3 is 2.57 bits per heavy atom. The van der Waals surface area contributed by atoms with Crippen LogP contribution in [-0.2, 0) is 10.2 Å². The molecule has 2 heterocycles. The average Bonchev–Trinajstić information content (AvgIpc) is 2.56. The highest BCUT2D eigenvalue weighted by Crippen LogP contribution is 2.47. The predicted octanol–water partition coefficient (Wildman–Crippen LogP) is 4.06. The van der Waals surface area contributed by atoms with Crippen LogP contribution in [0.1, 0.15) is 47.1 Å². The second-order valence-electron chi connectivity index (χ2n) is 7.21. The van der Waals surface area contributed by atoms with E-state index in [-0.39, 0.29) is 17.6 Å². The van der Waals surface area contributed by atoms with Crippen LogP contribution in [0.3, 0.4) is 0 Å². The Morgan fingerprint density at radius 1 is 1.43 bits per heavy atom. The first kappa shape index (κ1) is 15.5. The van der Waals surface area contributed by atoms with Crippen molar-refractivity contribution in [3.8, 4) is 0 Å². The van der Waals surface area contributed by atoms with Crippen LogP contribution in [0.2, 0.25) is 0 Å². The zero-order chi connectivity index (χ0) is 16.0. The summed E-state index contributed by atoms with van der Waals surface area (Å²) in [6.07, 6.45) is 3.19. The smallest absolute Gasteiger partial charge is 0.415 e. The van der Waals surface area contributed by atoms with Crippen molar-refractivity contribution < 1.29 is 9.53 Å². The molecule has 1 aromatic heterocycles. The lowest BCUT2D eigenvalue weighted by atomic mass is 9.78. The first-order chi connectivity index (χ1) is 9.55. The first-order valence-electron chi connectivity index (χ1n) is 7.18. The lowest BCUT2D eigenvalue weighted by molar-refractivity contribution is 0.0566. The lowest BCUT2D eigenvalue weighted by Crippen LogP contribution is -2.47. The van der Waals surface area contributed by atoms with Crippen molar-refractivity contribution in [3.63, 3.8) is 0 Å². The van der Waals surface area contributed by atoms with Crippen LogP contribution in [0.4, 0.5) is 10.5 Å². The Balaban J connectivity index is 2.52. The zero-order valence-corrected chi connectivity index (χ0v) is 13.7. The van der Waals surface area contributed by atoms with Gasteiger partial charge in [-0.1, -0.05) is 26.0 Å². The summed E-state index contributed by atoms with van der Waals surface area (Å²) in [4.78, 5) is 18.6. The number of anilines is 1. The van der Waals surface area contributed by atoms with Crippen molar-refractivity contribution in [1.29, 1.82) is 0 Å². The molecular weight excluding hydrogens is 264 g/mol.